The summed E-state index contributed by atoms with van der Waals surface area (Å²) < 4.78 is 111. The SMILES string of the molecule is CCC(C)(CC(C)(C)C(=O)OCCNS(=O)(=O)C(F)(F)F)C(=O)OC(CC(C)(O)C(F)(F)F)C1CCCCC1. The third kappa shape index (κ3) is 9.76. The molecule has 39 heavy (non-hydrogen) atoms. The van der Waals surface area contributed by atoms with Gasteiger partial charge in [-0.1, -0.05) is 26.2 Å². The molecule has 0 radical (unpaired) electrons. The number of alkyl halides is 6. The maximum atomic E-state index is 13.4. The van der Waals surface area contributed by atoms with Gasteiger partial charge in [0.05, 0.1) is 10.8 Å². The van der Waals surface area contributed by atoms with Gasteiger partial charge < -0.3 is 14.6 Å². The maximum Gasteiger partial charge on any atom is 0.511 e. The van der Waals surface area contributed by atoms with Crippen LogP contribution in [0.5, 0.6) is 0 Å². The summed E-state index contributed by atoms with van der Waals surface area (Å²) in [4.78, 5) is 26.0. The second-order valence-electron chi connectivity index (χ2n) is 11.3. The molecular formula is C24H39F6NO7S. The van der Waals surface area contributed by atoms with Crippen molar-refractivity contribution in [3.63, 3.8) is 0 Å². The van der Waals surface area contributed by atoms with E-state index in [1.807, 2.05) is 0 Å². The molecule has 15 heteroatoms. The van der Waals surface area contributed by atoms with Gasteiger partial charge in [-0.05, 0) is 59.3 Å². The monoisotopic (exact) mass is 599 g/mol. The predicted molar refractivity (Wildman–Crippen MR) is 128 cm³/mol. The van der Waals surface area contributed by atoms with Crippen LogP contribution in [0.4, 0.5) is 26.3 Å². The van der Waals surface area contributed by atoms with Gasteiger partial charge >= 0.3 is 33.6 Å². The zero-order valence-electron chi connectivity index (χ0n) is 22.8. The first kappa shape index (κ1) is 35.4. The molecule has 3 unspecified atom stereocenters. The molecule has 1 rings (SSSR count). The van der Waals surface area contributed by atoms with Crippen LogP contribution in [0.15, 0.2) is 0 Å². The molecular weight excluding hydrogens is 560 g/mol. The number of ether oxygens (including phenoxy) is 2. The van der Waals surface area contributed by atoms with E-state index in [0.29, 0.717) is 19.8 Å². The molecule has 8 nitrogen and oxygen atoms in total. The zero-order valence-corrected chi connectivity index (χ0v) is 23.6. The van der Waals surface area contributed by atoms with Crippen molar-refractivity contribution in [1.29, 1.82) is 0 Å². The van der Waals surface area contributed by atoms with Crippen molar-refractivity contribution in [3.05, 3.63) is 0 Å². The normalized spacial score (nSPS) is 20.0. The van der Waals surface area contributed by atoms with Gasteiger partial charge in [0.15, 0.2) is 5.60 Å². The smallest absolute Gasteiger partial charge is 0.464 e. The molecule has 0 bridgehead atoms. The third-order valence-electron chi connectivity index (χ3n) is 7.23. The third-order valence-corrected chi connectivity index (χ3v) is 8.43. The minimum Gasteiger partial charge on any atom is -0.464 e. The Hall–Kier alpha value is -1.61. The quantitative estimate of drug-likeness (QED) is 0.174. The van der Waals surface area contributed by atoms with Gasteiger partial charge in [-0.3, -0.25) is 9.59 Å². The molecule has 1 aliphatic carbocycles. The van der Waals surface area contributed by atoms with E-state index in [0.717, 1.165) is 19.3 Å². The van der Waals surface area contributed by atoms with Crippen LogP contribution in [0.2, 0.25) is 0 Å². The Bertz CT molecular complexity index is 944. The first-order valence-electron chi connectivity index (χ1n) is 12.7. The molecule has 2 N–H and O–H groups in total. The molecule has 0 spiro atoms. The lowest BCUT2D eigenvalue weighted by molar-refractivity contribution is -0.264. The van der Waals surface area contributed by atoms with Gasteiger partial charge in [0.2, 0.25) is 0 Å². The van der Waals surface area contributed by atoms with Crippen molar-refractivity contribution in [2.75, 3.05) is 13.2 Å². The van der Waals surface area contributed by atoms with Crippen LogP contribution in [0.3, 0.4) is 0 Å². The Morgan fingerprint density at radius 2 is 1.51 bits per heavy atom. The number of esters is 2. The number of aliphatic hydroxyl groups is 1. The molecule has 0 aromatic rings. The second-order valence-corrected chi connectivity index (χ2v) is 13.0. The molecule has 1 fully saturated rings. The summed E-state index contributed by atoms with van der Waals surface area (Å²) in [7, 11) is -5.61. The number of rotatable bonds is 13. The Morgan fingerprint density at radius 3 is 1.97 bits per heavy atom. The largest absolute Gasteiger partial charge is 0.511 e. The summed E-state index contributed by atoms with van der Waals surface area (Å²) in [5.74, 6) is -2.15. The van der Waals surface area contributed by atoms with Gasteiger partial charge in [0.25, 0.3) is 0 Å². The second kappa shape index (κ2) is 12.9. The molecule has 1 saturated carbocycles. The summed E-state index contributed by atoms with van der Waals surface area (Å²) in [6, 6.07) is 0. The first-order chi connectivity index (χ1) is 17.5. The number of halogens is 6. The summed E-state index contributed by atoms with van der Waals surface area (Å²) in [6.07, 6.45) is -3.60. The highest BCUT2D eigenvalue weighted by atomic mass is 32.2. The van der Waals surface area contributed by atoms with Gasteiger partial charge in [0.1, 0.15) is 12.7 Å². The van der Waals surface area contributed by atoms with Crippen molar-refractivity contribution in [2.24, 2.45) is 16.7 Å². The van der Waals surface area contributed by atoms with Crippen LogP contribution in [0.25, 0.3) is 0 Å². The van der Waals surface area contributed by atoms with Crippen molar-refractivity contribution < 1.29 is 58.9 Å². The van der Waals surface area contributed by atoms with Crippen LogP contribution in [0, 0.1) is 16.7 Å². The number of nitrogens with one attached hydrogen (secondary N) is 1. The molecule has 3 atom stereocenters. The Morgan fingerprint density at radius 1 is 0.974 bits per heavy atom. The van der Waals surface area contributed by atoms with Crippen molar-refractivity contribution >= 4 is 22.0 Å². The van der Waals surface area contributed by atoms with Crippen LogP contribution in [-0.2, 0) is 29.1 Å². The Balaban J connectivity index is 2.96. The van der Waals surface area contributed by atoms with Crippen molar-refractivity contribution in [1.82, 2.24) is 4.72 Å². The standard InChI is InChI=1S/C24H39F6NO7S/c1-6-21(4,15-20(2,3)18(32)37-13-12-31-39(35,36)24(28,29)30)19(33)38-17(16-10-8-7-9-11-16)14-22(5,34)23(25,26)27/h16-17,31,34H,6-15H2,1-5H3. The first-order valence-corrected chi connectivity index (χ1v) is 14.2. The zero-order chi connectivity index (χ0) is 30.5. The lowest BCUT2D eigenvalue weighted by Crippen LogP contribution is -2.48. The van der Waals surface area contributed by atoms with Gasteiger partial charge in [-0.15, -0.1) is 0 Å². The fraction of sp³-hybridized carbons (Fsp3) is 0.917. The van der Waals surface area contributed by atoms with Crippen molar-refractivity contribution in [2.45, 2.75) is 109 Å². The summed E-state index contributed by atoms with van der Waals surface area (Å²) in [5, 5.41) is 10.1. The van der Waals surface area contributed by atoms with Crippen LogP contribution >= 0.6 is 0 Å². The van der Waals surface area contributed by atoms with E-state index >= 15 is 0 Å². The molecule has 0 aromatic carbocycles. The summed E-state index contributed by atoms with van der Waals surface area (Å²) in [5.41, 5.74) is -11.4. The van der Waals surface area contributed by atoms with Gasteiger partial charge in [-0.25, -0.2) is 13.1 Å². The van der Waals surface area contributed by atoms with Gasteiger partial charge in [0, 0.05) is 13.0 Å². The Labute approximate surface area is 225 Å². The lowest BCUT2D eigenvalue weighted by atomic mass is 9.72. The minimum atomic E-state index is -5.61. The molecule has 0 saturated heterocycles. The predicted octanol–water partition coefficient (Wildman–Crippen LogP) is 5.00. The lowest BCUT2D eigenvalue weighted by Gasteiger charge is -2.39. The fourth-order valence-electron chi connectivity index (χ4n) is 4.58. The van der Waals surface area contributed by atoms with E-state index in [1.165, 1.54) is 25.5 Å². The molecule has 1 aliphatic rings. The van der Waals surface area contributed by atoms with Crippen LogP contribution in [-0.4, -0.2) is 62.0 Å². The number of carbonyl (C=O) groups is 2. The maximum absolute atomic E-state index is 13.4. The van der Waals surface area contributed by atoms with Gasteiger partial charge in [-0.2, -0.15) is 26.3 Å². The number of hydrogen-bond acceptors (Lipinski definition) is 7. The van der Waals surface area contributed by atoms with E-state index in [4.69, 9.17) is 9.47 Å². The molecule has 0 aromatic heterocycles. The van der Waals surface area contributed by atoms with E-state index < -0.39 is 75.8 Å². The van der Waals surface area contributed by atoms with E-state index in [2.05, 4.69) is 0 Å². The minimum absolute atomic E-state index is 0.126. The molecule has 230 valence electrons. The molecule has 0 heterocycles. The topological polar surface area (TPSA) is 119 Å². The molecule has 0 aliphatic heterocycles. The van der Waals surface area contributed by atoms with Crippen LogP contribution < -0.4 is 4.72 Å². The highest BCUT2D eigenvalue weighted by Gasteiger charge is 2.53. The van der Waals surface area contributed by atoms with Crippen molar-refractivity contribution in [3.8, 4) is 0 Å². The highest BCUT2D eigenvalue weighted by Crippen LogP contribution is 2.42. The number of carbonyl (C=O) groups excluding carboxylic acids is 2. The van der Waals surface area contributed by atoms with E-state index in [9.17, 15) is 49.5 Å². The average Bonchev–Trinajstić information content (AvgIpc) is 2.79. The molecule has 0 amide bonds. The fourth-order valence-corrected chi connectivity index (χ4v) is 5.10. The number of hydrogen-bond donors (Lipinski definition) is 2. The highest BCUT2D eigenvalue weighted by molar-refractivity contribution is 7.90. The summed E-state index contributed by atoms with van der Waals surface area (Å²) >= 11 is 0. The Kier molecular flexibility index (Phi) is 11.7. The van der Waals surface area contributed by atoms with Crippen LogP contribution in [0.1, 0.15) is 86.0 Å². The number of sulfonamides is 1. The average molecular weight is 600 g/mol. The summed E-state index contributed by atoms with van der Waals surface area (Å²) in [6.45, 7) is 4.99. The van der Waals surface area contributed by atoms with E-state index in [-0.39, 0.29) is 18.8 Å². The van der Waals surface area contributed by atoms with E-state index in [1.54, 1.807) is 6.92 Å².